The molecule has 0 radical (unpaired) electrons. The van der Waals surface area contributed by atoms with Crippen LogP contribution in [0.2, 0.25) is 0 Å². The van der Waals surface area contributed by atoms with Crippen LogP contribution < -0.4 is 10.5 Å². The lowest BCUT2D eigenvalue weighted by molar-refractivity contribution is 0.0964. The highest BCUT2D eigenvalue weighted by molar-refractivity contribution is 5.35. The smallest absolute Gasteiger partial charge is 0.119 e. The molecule has 106 valence electrons. The van der Waals surface area contributed by atoms with E-state index in [1.165, 1.54) is 5.56 Å². The largest absolute Gasteiger partial charge is 0.497 e. The Balaban J connectivity index is 1.96. The molecule has 5 nitrogen and oxygen atoms in total. The summed E-state index contributed by atoms with van der Waals surface area (Å²) < 4.78 is 7.31. The highest BCUT2D eigenvalue weighted by atomic mass is 16.5. The molecule has 2 aromatic rings. The van der Waals surface area contributed by atoms with E-state index in [0.29, 0.717) is 11.6 Å². The summed E-state index contributed by atoms with van der Waals surface area (Å²) in [7, 11) is 3.83. The Kier molecular flexibility index (Phi) is 3.36. The number of anilines is 1. The van der Waals surface area contributed by atoms with Crippen LogP contribution in [0.25, 0.3) is 0 Å². The summed E-state index contributed by atoms with van der Waals surface area (Å²) in [5.74, 6) is 1.42. The normalized spacial score (nSPS) is 17.7. The number of aromatic nitrogens is 2. The zero-order valence-corrected chi connectivity index (χ0v) is 11.9. The maximum Gasteiger partial charge on any atom is 0.119 e. The van der Waals surface area contributed by atoms with E-state index >= 15 is 0 Å². The van der Waals surface area contributed by atoms with Crippen molar-refractivity contribution in [1.29, 1.82) is 0 Å². The van der Waals surface area contributed by atoms with E-state index in [1.54, 1.807) is 13.3 Å². The van der Waals surface area contributed by atoms with Crippen LogP contribution >= 0.6 is 0 Å². The van der Waals surface area contributed by atoms with Crippen molar-refractivity contribution in [2.75, 3.05) is 33.0 Å². The Labute approximate surface area is 118 Å². The van der Waals surface area contributed by atoms with E-state index in [2.05, 4.69) is 29.2 Å². The summed E-state index contributed by atoms with van der Waals surface area (Å²) in [5, 5.41) is 4.41. The van der Waals surface area contributed by atoms with Gasteiger partial charge < -0.3 is 15.4 Å². The molecule has 5 heteroatoms. The number of nitrogen functional groups attached to an aromatic ring is 1. The number of hydrogen-bond acceptors (Lipinski definition) is 4. The van der Waals surface area contributed by atoms with E-state index in [4.69, 9.17) is 10.5 Å². The van der Waals surface area contributed by atoms with Crippen LogP contribution in [-0.4, -0.2) is 41.9 Å². The molecular formula is C15H20N4O. The van der Waals surface area contributed by atoms with Crippen molar-refractivity contribution in [2.45, 2.75) is 6.04 Å². The van der Waals surface area contributed by atoms with Crippen LogP contribution in [0, 0.1) is 5.92 Å². The second-order valence-corrected chi connectivity index (χ2v) is 5.46. The Morgan fingerprint density at radius 1 is 1.40 bits per heavy atom. The van der Waals surface area contributed by atoms with Gasteiger partial charge in [-0.25, -0.2) is 0 Å². The summed E-state index contributed by atoms with van der Waals surface area (Å²) in [6, 6.07) is 8.41. The van der Waals surface area contributed by atoms with Gasteiger partial charge in [-0.15, -0.1) is 0 Å². The summed E-state index contributed by atoms with van der Waals surface area (Å²) in [6.45, 7) is 2.14. The van der Waals surface area contributed by atoms with Crippen molar-refractivity contribution in [3.8, 4) is 5.75 Å². The number of ether oxygens (including phenoxy) is 1. The minimum Gasteiger partial charge on any atom is -0.497 e. The van der Waals surface area contributed by atoms with Gasteiger partial charge in [0, 0.05) is 25.2 Å². The molecule has 1 aliphatic heterocycles. The first kappa shape index (κ1) is 13.0. The lowest BCUT2D eigenvalue weighted by Crippen LogP contribution is -2.48. The summed E-state index contributed by atoms with van der Waals surface area (Å²) in [4.78, 5) is 2.31. The molecule has 0 bridgehead atoms. The summed E-state index contributed by atoms with van der Waals surface area (Å²) in [5.41, 5.74) is 7.73. The van der Waals surface area contributed by atoms with Gasteiger partial charge in [-0.1, -0.05) is 12.1 Å². The number of nitrogens with two attached hydrogens (primary N) is 1. The summed E-state index contributed by atoms with van der Waals surface area (Å²) >= 11 is 0. The first-order chi connectivity index (χ1) is 9.67. The van der Waals surface area contributed by atoms with Crippen LogP contribution in [0.5, 0.6) is 5.75 Å². The van der Waals surface area contributed by atoms with Crippen molar-refractivity contribution in [2.24, 2.45) is 5.92 Å². The number of hydrogen-bond donors (Lipinski definition) is 1. The van der Waals surface area contributed by atoms with Crippen LogP contribution in [0.3, 0.4) is 0 Å². The lowest BCUT2D eigenvalue weighted by atomic mass is 9.87. The van der Waals surface area contributed by atoms with Crippen LogP contribution in [-0.2, 0) is 0 Å². The van der Waals surface area contributed by atoms with E-state index < -0.39 is 0 Å². The van der Waals surface area contributed by atoms with Crippen LogP contribution in [0.4, 0.5) is 5.69 Å². The lowest BCUT2D eigenvalue weighted by Gasteiger charge is -2.41. The Morgan fingerprint density at radius 2 is 2.20 bits per heavy atom. The van der Waals surface area contributed by atoms with Gasteiger partial charge in [0.15, 0.2) is 0 Å². The molecule has 1 fully saturated rings. The molecule has 1 unspecified atom stereocenters. The van der Waals surface area contributed by atoms with Gasteiger partial charge in [-0.05, 0) is 24.7 Å². The quantitative estimate of drug-likeness (QED) is 0.919. The molecule has 1 saturated heterocycles. The molecule has 1 aliphatic rings. The van der Waals surface area contributed by atoms with Gasteiger partial charge in [-0.3, -0.25) is 4.68 Å². The van der Waals surface area contributed by atoms with Gasteiger partial charge in [0.05, 0.1) is 25.0 Å². The highest BCUT2D eigenvalue weighted by Crippen LogP contribution is 2.34. The molecule has 1 aromatic heterocycles. The molecule has 0 aliphatic carbocycles. The van der Waals surface area contributed by atoms with Crippen molar-refractivity contribution < 1.29 is 4.74 Å². The fraction of sp³-hybridized carbons (Fsp3) is 0.400. The second-order valence-electron chi connectivity index (χ2n) is 5.46. The van der Waals surface area contributed by atoms with Crippen LogP contribution in [0.15, 0.2) is 36.7 Å². The summed E-state index contributed by atoms with van der Waals surface area (Å²) in [6.07, 6.45) is 3.61. The maximum absolute atomic E-state index is 5.82. The van der Waals surface area contributed by atoms with Gasteiger partial charge in [0.2, 0.25) is 0 Å². The van der Waals surface area contributed by atoms with E-state index in [0.717, 1.165) is 18.8 Å². The van der Waals surface area contributed by atoms with Crippen molar-refractivity contribution in [1.82, 2.24) is 14.7 Å². The minimum atomic E-state index is 0.207. The zero-order valence-electron chi connectivity index (χ0n) is 11.9. The maximum atomic E-state index is 5.82. The van der Waals surface area contributed by atoms with E-state index in [9.17, 15) is 0 Å². The Morgan fingerprint density at radius 3 is 2.80 bits per heavy atom. The molecule has 3 rings (SSSR count). The third kappa shape index (κ3) is 2.36. The van der Waals surface area contributed by atoms with Gasteiger partial charge >= 0.3 is 0 Å². The second kappa shape index (κ2) is 5.17. The van der Waals surface area contributed by atoms with Crippen molar-refractivity contribution in [3.63, 3.8) is 0 Å². The van der Waals surface area contributed by atoms with Crippen LogP contribution in [0.1, 0.15) is 11.6 Å². The first-order valence-corrected chi connectivity index (χ1v) is 6.79. The average molecular weight is 272 g/mol. The molecule has 1 aromatic carbocycles. The molecule has 2 heterocycles. The number of likely N-dealkylation sites (tertiary alicyclic amines) is 1. The van der Waals surface area contributed by atoms with Crippen molar-refractivity contribution in [3.05, 3.63) is 42.2 Å². The van der Waals surface area contributed by atoms with E-state index in [1.807, 2.05) is 23.0 Å². The predicted octanol–water partition coefficient (Wildman–Crippen LogP) is 1.62. The van der Waals surface area contributed by atoms with Gasteiger partial charge in [-0.2, -0.15) is 5.10 Å². The zero-order chi connectivity index (χ0) is 14.1. The molecular weight excluding hydrogens is 252 g/mol. The number of rotatable bonds is 4. The topological polar surface area (TPSA) is 56.3 Å². The average Bonchev–Trinajstić information content (AvgIpc) is 2.84. The molecule has 2 N–H and O–H groups in total. The SMILES string of the molecule is COc1cccc(C(C2CN(C)C2)n2cc(N)cn2)c1. The predicted molar refractivity (Wildman–Crippen MR) is 78.8 cm³/mol. The third-order valence-electron chi connectivity index (χ3n) is 3.88. The molecule has 0 saturated carbocycles. The molecule has 0 spiro atoms. The van der Waals surface area contributed by atoms with Crippen molar-refractivity contribution >= 4 is 5.69 Å². The third-order valence-corrected chi connectivity index (χ3v) is 3.88. The highest BCUT2D eigenvalue weighted by Gasteiger charge is 2.34. The Bertz CT molecular complexity index is 589. The number of benzene rings is 1. The van der Waals surface area contributed by atoms with Gasteiger partial charge in [0.25, 0.3) is 0 Å². The first-order valence-electron chi connectivity index (χ1n) is 6.79. The fourth-order valence-corrected chi connectivity index (χ4v) is 2.92. The molecule has 1 atom stereocenters. The molecule has 20 heavy (non-hydrogen) atoms. The minimum absolute atomic E-state index is 0.207. The number of nitrogens with zero attached hydrogens (tertiary/aromatic N) is 3. The standard InChI is InChI=1S/C15H20N4O/c1-18-8-12(9-18)15(19-10-13(16)7-17-19)11-4-3-5-14(6-11)20-2/h3-7,10,12,15H,8-9,16H2,1-2H3. The Hall–Kier alpha value is -2.01. The molecule has 0 amide bonds. The monoisotopic (exact) mass is 272 g/mol. The van der Waals surface area contributed by atoms with Gasteiger partial charge in [0.1, 0.15) is 5.75 Å². The van der Waals surface area contributed by atoms with E-state index in [-0.39, 0.29) is 6.04 Å². The number of methoxy groups -OCH3 is 1. The fourth-order valence-electron chi connectivity index (χ4n) is 2.92.